The molecule has 1 aromatic rings. The summed E-state index contributed by atoms with van der Waals surface area (Å²) in [5, 5.41) is 2.74. The second kappa shape index (κ2) is 7.93. The Morgan fingerprint density at radius 3 is 2.86 bits per heavy atom. The number of nitrogens with zero attached hydrogens (tertiary/aromatic N) is 1. The van der Waals surface area contributed by atoms with Crippen LogP contribution < -0.4 is 5.32 Å². The SMILES string of the molecule is O=C(N[C@@H]1CCCN(CC(F)F)C1)OCc1ccccc1. The summed E-state index contributed by atoms with van der Waals surface area (Å²) in [5.74, 6) is 0. The van der Waals surface area contributed by atoms with Gasteiger partial charge in [-0.15, -0.1) is 0 Å². The Labute approximate surface area is 123 Å². The van der Waals surface area contributed by atoms with Crippen molar-refractivity contribution >= 4 is 6.09 Å². The van der Waals surface area contributed by atoms with Gasteiger partial charge in [-0.3, -0.25) is 4.90 Å². The van der Waals surface area contributed by atoms with Crippen LogP contribution in [0.2, 0.25) is 0 Å². The number of halogens is 2. The summed E-state index contributed by atoms with van der Waals surface area (Å²) in [4.78, 5) is 13.4. The van der Waals surface area contributed by atoms with Crippen molar-refractivity contribution in [2.45, 2.75) is 31.9 Å². The number of nitrogens with one attached hydrogen (secondary N) is 1. The van der Waals surface area contributed by atoms with Crippen LogP contribution >= 0.6 is 0 Å². The third-order valence-corrected chi connectivity index (χ3v) is 3.44. The number of hydrogen-bond donors (Lipinski definition) is 1. The molecule has 6 heteroatoms. The van der Waals surface area contributed by atoms with Crippen LogP contribution in [0.1, 0.15) is 18.4 Å². The Kier molecular flexibility index (Phi) is 5.92. The highest BCUT2D eigenvalue weighted by molar-refractivity contribution is 5.67. The van der Waals surface area contributed by atoms with Crippen molar-refractivity contribution < 1.29 is 18.3 Å². The first-order valence-corrected chi connectivity index (χ1v) is 7.11. The van der Waals surface area contributed by atoms with Crippen molar-refractivity contribution in [1.29, 1.82) is 0 Å². The molecule has 1 aliphatic heterocycles. The Balaban J connectivity index is 1.72. The number of amides is 1. The lowest BCUT2D eigenvalue weighted by Crippen LogP contribution is -2.48. The van der Waals surface area contributed by atoms with Crippen molar-refractivity contribution in [3.05, 3.63) is 35.9 Å². The minimum atomic E-state index is -2.34. The first kappa shape index (κ1) is 15.7. The summed E-state index contributed by atoms with van der Waals surface area (Å²) >= 11 is 0. The minimum Gasteiger partial charge on any atom is -0.445 e. The van der Waals surface area contributed by atoms with Gasteiger partial charge >= 0.3 is 6.09 Å². The Morgan fingerprint density at radius 1 is 1.38 bits per heavy atom. The van der Waals surface area contributed by atoms with E-state index in [2.05, 4.69) is 5.32 Å². The normalized spacial score (nSPS) is 19.5. The molecule has 0 radical (unpaired) electrons. The number of carbonyl (C=O) groups excluding carboxylic acids is 1. The van der Waals surface area contributed by atoms with E-state index in [9.17, 15) is 13.6 Å². The van der Waals surface area contributed by atoms with Crippen molar-refractivity contribution in [1.82, 2.24) is 10.2 Å². The molecule has 0 unspecified atom stereocenters. The molecule has 1 amide bonds. The maximum Gasteiger partial charge on any atom is 0.407 e. The van der Waals surface area contributed by atoms with Gasteiger partial charge in [-0.05, 0) is 24.9 Å². The number of benzene rings is 1. The predicted molar refractivity (Wildman–Crippen MR) is 75.2 cm³/mol. The zero-order chi connectivity index (χ0) is 15.1. The van der Waals surface area contributed by atoms with Gasteiger partial charge in [0.2, 0.25) is 0 Å². The van der Waals surface area contributed by atoms with Crippen LogP contribution in [0.25, 0.3) is 0 Å². The van der Waals surface area contributed by atoms with E-state index in [1.165, 1.54) is 0 Å². The van der Waals surface area contributed by atoms with E-state index in [1.54, 1.807) is 4.90 Å². The maximum absolute atomic E-state index is 12.4. The Bertz CT molecular complexity index is 443. The Hall–Kier alpha value is -1.69. The van der Waals surface area contributed by atoms with E-state index in [1.807, 2.05) is 30.3 Å². The lowest BCUT2D eigenvalue weighted by atomic mass is 10.1. The average Bonchev–Trinajstić information content (AvgIpc) is 2.46. The molecule has 1 atom stereocenters. The fourth-order valence-corrected chi connectivity index (χ4v) is 2.47. The molecule has 1 aliphatic rings. The van der Waals surface area contributed by atoms with Gasteiger partial charge in [0.1, 0.15) is 6.61 Å². The number of rotatable bonds is 5. The van der Waals surface area contributed by atoms with E-state index >= 15 is 0 Å². The molecule has 0 spiro atoms. The monoisotopic (exact) mass is 298 g/mol. The topological polar surface area (TPSA) is 41.6 Å². The molecule has 0 aromatic heterocycles. The molecular weight excluding hydrogens is 278 g/mol. The summed E-state index contributed by atoms with van der Waals surface area (Å²) in [6.45, 7) is 1.07. The largest absolute Gasteiger partial charge is 0.445 e. The number of ether oxygens (including phenoxy) is 1. The highest BCUT2D eigenvalue weighted by Gasteiger charge is 2.23. The van der Waals surface area contributed by atoms with Gasteiger partial charge in [0.05, 0.1) is 6.54 Å². The first-order chi connectivity index (χ1) is 10.1. The number of piperidine rings is 1. The van der Waals surface area contributed by atoms with Gasteiger partial charge < -0.3 is 10.1 Å². The Morgan fingerprint density at radius 2 is 2.14 bits per heavy atom. The summed E-state index contributed by atoms with van der Waals surface area (Å²) in [5.41, 5.74) is 0.913. The van der Waals surface area contributed by atoms with Gasteiger partial charge in [-0.1, -0.05) is 30.3 Å². The molecule has 1 N–H and O–H groups in total. The fourth-order valence-electron chi connectivity index (χ4n) is 2.47. The summed E-state index contributed by atoms with van der Waals surface area (Å²) in [6.07, 6.45) is -1.24. The molecule has 21 heavy (non-hydrogen) atoms. The third-order valence-electron chi connectivity index (χ3n) is 3.44. The summed E-state index contributed by atoms with van der Waals surface area (Å²) in [6, 6.07) is 9.26. The van der Waals surface area contributed by atoms with Crippen LogP contribution in [0.4, 0.5) is 13.6 Å². The molecule has 1 fully saturated rings. The molecule has 2 rings (SSSR count). The number of hydrogen-bond acceptors (Lipinski definition) is 3. The van der Waals surface area contributed by atoms with Crippen LogP contribution in [0, 0.1) is 0 Å². The molecule has 1 aromatic carbocycles. The van der Waals surface area contributed by atoms with Gasteiger partial charge in [0, 0.05) is 12.6 Å². The molecule has 0 aliphatic carbocycles. The van der Waals surface area contributed by atoms with Crippen LogP contribution in [-0.2, 0) is 11.3 Å². The van der Waals surface area contributed by atoms with Crippen LogP contribution in [0.3, 0.4) is 0 Å². The fraction of sp³-hybridized carbons (Fsp3) is 0.533. The molecule has 0 bridgehead atoms. The van der Waals surface area contributed by atoms with Crippen molar-refractivity contribution in [3.8, 4) is 0 Å². The molecule has 4 nitrogen and oxygen atoms in total. The van der Waals surface area contributed by atoms with Crippen molar-refractivity contribution in [3.63, 3.8) is 0 Å². The van der Waals surface area contributed by atoms with Crippen LogP contribution in [-0.4, -0.2) is 43.1 Å². The summed E-state index contributed by atoms with van der Waals surface area (Å²) in [7, 11) is 0. The maximum atomic E-state index is 12.4. The standard InChI is InChI=1S/C15H20F2N2O2/c16-14(17)10-19-8-4-7-13(9-19)18-15(20)21-11-12-5-2-1-3-6-12/h1-3,5-6,13-14H,4,7-11H2,(H,18,20)/t13-/m1/s1. The van der Waals surface area contributed by atoms with Crippen LogP contribution in [0.5, 0.6) is 0 Å². The van der Waals surface area contributed by atoms with E-state index in [0.717, 1.165) is 18.4 Å². The number of alkyl carbamates (subject to hydrolysis) is 1. The van der Waals surface area contributed by atoms with Crippen LogP contribution in [0.15, 0.2) is 30.3 Å². The van der Waals surface area contributed by atoms with E-state index in [0.29, 0.717) is 13.1 Å². The quantitative estimate of drug-likeness (QED) is 0.908. The summed E-state index contributed by atoms with van der Waals surface area (Å²) < 4.78 is 29.9. The average molecular weight is 298 g/mol. The second-order valence-electron chi connectivity index (χ2n) is 5.20. The van der Waals surface area contributed by atoms with Crippen molar-refractivity contribution in [2.24, 2.45) is 0 Å². The molecule has 0 saturated carbocycles. The zero-order valence-electron chi connectivity index (χ0n) is 11.8. The third kappa shape index (κ3) is 5.67. The highest BCUT2D eigenvalue weighted by Crippen LogP contribution is 2.12. The predicted octanol–water partition coefficient (Wildman–Crippen LogP) is 2.64. The number of carbonyl (C=O) groups is 1. The first-order valence-electron chi connectivity index (χ1n) is 7.11. The molecular formula is C15H20F2N2O2. The zero-order valence-corrected chi connectivity index (χ0v) is 11.8. The molecule has 1 heterocycles. The highest BCUT2D eigenvalue weighted by atomic mass is 19.3. The lowest BCUT2D eigenvalue weighted by molar-refractivity contribution is 0.0684. The lowest BCUT2D eigenvalue weighted by Gasteiger charge is -2.32. The second-order valence-corrected chi connectivity index (χ2v) is 5.20. The van der Waals surface area contributed by atoms with E-state index < -0.39 is 12.5 Å². The number of likely N-dealkylation sites (tertiary alicyclic amines) is 1. The number of alkyl halides is 2. The van der Waals surface area contributed by atoms with Crippen molar-refractivity contribution in [2.75, 3.05) is 19.6 Å². The van der Waals surface area contributed by atoms with Gasteiger partial charge in [-0.2, -0.15) is 0 Å². The minimum absolute atomic E-state index is 0.124. The molecule has 1 saturated heterocycles. The smallest absolute Gasteiger partial charge is 0.407 e. The van der Waals surface area contributed by atoms with Gasteiger partial charge in [0.15, 0.2) is 0 Å². The van der Waals surface area contributed by atoms with Gasteiger partial charge in [0.25, 0.3) is 6.43 Å². The van der Waals surface area contributed by atoms with E-state index in [4.69, 9.17) is 4.74 Å². The van der Waals surface area contributed by atoms with Gasteiger partial charge in [-0.25, -0.2) is 13.6 Å². The van der Waals surface area contributed by atoms with E-state index in [-0.39, 0.29) is 19.2 Å². The molecule has 116 valence electrons.